The minimum atomic E-state index is -0.411. The van der Waals surface area contributed by atoms with Crippen LogP contribution < -0.4 is 15.4 Å². The van der Waals surface area contributed by atoms with E-state index in [0.29, 0.717) is 17.9 Å². The number of amides is 2. The van der Waals surface area contributed by atoms with E-state index in [0.717, 1.165) is 11.3 Å². The van der Waals surface area contributed by atoms with Gasteiger partial charge in [-0.3, -0.25) is 14.9 Å². The van der Waals surface area contributed by atoms with Crippen LogP contribution in [0.2, 0.25) is 0 Å². The first-order valence-corrected chi connectivity index (χ1v) is 9.64. The molecule has 0 bridgehead atoms. The predicted molar refractivity (Wildman–Crippen MR) is 113 cm³/mol. The average molecular weight is 407 g/mol. The van der Waals surface area contributed by atoms with Gasteiger partial charge in [0.1, 0.15) is 5.75 Å². The van der Waals surface area contributed by atoms with Gasteiger partial charge in [-0.15, -0.1) is 0 Å². The fraction of sp³-hybridized carbons (Fsp3) is 0.261. The lowest BCUT2D eigenvalue weighted by molar-refractivity contribution is -0.118. The maximum Gasteiger partial charge on any atom is 0.264 e. The van der Waals surface area contributed by atoms with E-state index in [4.69, 9.17) is 9.26 Å². The van der Waals surface area contributed by atoms with Gasteiger partial charge in [-0.25, -0.2) is 0 Å². The number of carbonyl (C=O) groups is 2. The molecule has 0 saturated heterocycles. The van der Waals surface area contributed by atoms with Crippen molar-refractivity contribution < 1.29 is 18.8 Å². The predicted octanol–water partition coefficient (Wildman–Crippen LogP) is 3.92. The van der Waals surface area contributed by atoms with Crippen LogP contribution in [0.5, 0.6) is 5.75 Å². The fourth-order valence-electron chi connectivity index (χ4n) is 2.66. The quantitative estimate of drug-likeness (QED) is 0.619. The molecule has 7 heteroatoms. The van der Waals surface area contributed by atoms with E-state index in [2.05, 4.69) is 15.8 Å². The Hall–Kier alpha value is -3.61. The summed E-state index contributed by atoms with van der Waals surface area (Å²) >= 11 is 0. The van der Waals surface area contributed by atoms with Crippen molar-refractivity contribution in [3.8, 4) is 5.75 Å². The summed E-state index contributed by atoms with van der Waals surface area (Å²) in [6.07, 6.45) is 0. The lowest BCUT2D eigenvalue weighted by atomic mass is 9.92. The summed E-state index contributed by atoms with van der Waals surface area (Å²) in [5.74, 6) is -0.111. The molecule has 7 nitrogen and oxygen atoms in total. The van der Waals surface area contributed by atoms with Crippen molar-refractivity contribution in [1.29, 1.82) is 0 Å². The van der Waals surface area contributed by atoms with Crippen LogP contribution in [-0.2, 0) is 16.8 Å². The largest absolute Gasteiger partial charge is 0.483 e. The summed E-state index contributed by atoms with van der Waals surface area (Å²) in [7, 11) is 0. The molecular formula is C23H25N3O4. The summed E-state index contributed by atoms with van der Waals surface area (Å²) in [5.41, 5.74) is 1.90. The zero-order chi connectivity index (χ0) is 21.6. The van der Waals surface area contributed by atoms with Crippen LogP contribution in [0, 0.1) is 0 Å². The molecule has 0 aliphatic heterocycles. The Kier molecular flexibility index (Phi) is 6.51. The summed E-state index contributed by atoms with van der Waals surface area (Å²) in [4.78, 5) is 24.8. The molecule has 156 valence electrons. The van der Waals surface area contributed by atoms with Crippen molar-refractivity contribution in [2.75, 3.05) is 11.9 Å². The molecule has 0 radical (unpaired) electrons. The Morgan fingerprint density at radius 1 is 1.03 bits per heavy atom. The fourth-order valence-corrected chi connectivity index (χ4v) is 2.66. The number of benzene rings is 2. The minimum Gasteiger partial charge on any atom is -0.483 e. The third kappa shape index (κ3) is 5.70. The third-order valence-corrected chi connectivity index (χ3v) is 4.33. The minimum absolute atomic E-state index is 0.185. The molecule has 0 aliphatic rings. The Bertz CT molecular complexity index is 1010. The SMILES string of the molecule is CC(C)(C)c1cc(NC(=O)COc2ccccc2C(=O)NCc2ccccc2)on1. The van der Waals surface area contributed by atoms with Crippen LogP contribution in [0.4, 0.5) is 5.88 Å². The lowest BCUT2D eigenvalue weighted by Gasteiger charge is -2.12. The van der Waals surface area contributed by atoms with Crippen molar-refractivity contribution in [1.82, 2.24) is 10.5 Å². The van der Waals surface area contributed by atoms with Crippen LogP contribution in [0.15, 0.2) is 65.2 Å². The Labute approximate surface area is 175 Å². The van der Waals surface area contributed by atoms with Gasteiger partial charge in [0.15, 0.2) is 6.61 Å². The molecule has 2 aromatic carbocycles. The number of anilines is 1. The first kappa shape index (κ1) is 21.1. The van der Waals surface area contributed by atoms with Crippen molar-refractivity contribution in [3.63, 3.8) is 0 Å². The second-order valence-corrected chi connectivity index (χ2v) is 7.83. The molecule has 2 N–H and O–H groups in total. The second-order valence-electron chi connectivity index (χ2n) is 7.83. The molecule has 0 spiro atoms. The molecule has 3 rings (SSSR count). The van der Waals surface area contributed by atoms with E-state index in [1.807, 2.05) is 51.1 Å². The van der Waals surface area contributed by atoms with Crippen molar-refractivity contribution in [3.05, 3.63) is 77.5 Å². The number of carbonyl (C=O) groups excluding carboxylic acids is 2. The number of nitrogens with one attached hydrogen (secondary N) is 2. The topological polar surface area (TPSA) is 93.5 Å². The van der Waals surface area contributed by atoms with Gasteiger partial charge in [0.05, 0.1) is 11.3 Å². The van der Waals surface area contributed by atoms with Crippen LogP contribution in [0.25, 0.3) is 0 Å². The van der Waals surface area contributed by atoms with Crippen molar-refractivity contribution in [2.24, 2.45) is 0 Å². The van der Waals surface area contributed by atoms with Gasteiger partial charge in [-0.2, -0.15) is 0 Å². The average Bonchev–Trinajstić information content (AvgIpc) is 3.20. The maximum atomic E-state index is 12.6. The Morgan fingerprint density at radius 2 is 1.73 bits per heavy atom. The summed E-state index contributed by atoms with van der Waals surface area (Å²) in [6, 6.07) is 18.1. The monoisotopic (exact) mass is 407 g/mol. The van der Waals surface area contributed by atoms with Gasteiger partial charge in [0, 0.05) is 18.0 Å². The highest BCUT2D eigenvalue weighted by Crippen LogP contribution is 2.23. The molecule has 2 amide bonds. The number of hydrogen-bond donors (Lipinski definition) is 2. The normalized spacial score (nSPS) is 11.0. The molecule has 30 heavy (non-hydrogen) atoms. The van der Waals surface area contributed by atoms with Crippen LogP contribution in [0.1, 0.15) is 42.4 Å². The molecule has 1 aromatic heterocycles. The first-order chi connectivity index (χ1) is 14.3. The molecule has 0 fully saturated rings. The Balaban J connectivity index is 1.57. The summed E-state index contributed by atoms with van der Waals surface area (Å²) in [6.45, 7) is 6.13. The summed E-state index contributed by atoms with van der Waals surface area (Å²) in [5, 5.41) is 9.42. The third-order valence-electron chi connectivity index (χ3n) is 4.33. The highest BCUT2D eigenvalue weighted by Gasteiger charge is 2.20. The number of para-hydroxylation sites is 1. The van der Waals surface area contributed by atoms with Crippen LogP contribution in [-0.4, -0.2) is 23.6 Å². The van der Waals surface area contributed by atoms with Crippen molar-refractivity contribution >= 4 is 17.7 Å². The van der Waals surface area contributed by atoms with Gasteiger partial charge in [0.25, 0.3) is 11.8 Å². The first-order valence-electron chi connectivity index (χ1n) is 9.64. The molecule has 1 heterocycles. The van der Waals surface area contributed by atoms with Crippen LogP contribution >= 0.6 is 0 Å². The van der Waals surface area contributed by atoms with E-state index in [-0.39, 0.29) is 23.8 Å². The van der Waals surface area contributed by atoms with Crippen molar-refractivity contribution in [2.45, 2.75) is 32.7 Å². The van der Waals surface area contributed by atoms with E-state index in [1.165, 1.54) is 0 Å². The number of rotatable bonds is 7. The van der Waals surface area contributed by atoms with Crippen LogP contribution in [0.3, 0.4) is 0 Å². The zero-order valence-corrected chi connectivity index (χ0v) is 17.3. The highest BCUT2D eigenvalue weighted by molar-refractivity contribution is 5.97. The van der Waals surface area contributed by atoms with E-state index in [1.54, 1.807) is 30.3 Å². The molecule has 0 atom stereocenters. The smallest absolute Gasteiger partial charge is 0.264 e. The van der Waals surface area contributed by atoms with E-state index in [9.17, 15) is 9.59 Å². The zero-order valence-electron chi connectivity index (χ0n) is 17.3. The molecule has 0 saturated carbocycles. The molecule has 3 aromatic rings. The van der Waals surface area contributed by atoms with Gasteiger partial charge in [0.2, 0.25) is 5.88 Å². The molecular weight excluding hydrogens is 382 g/mol. The summed E-state index contributed by atoms with van der Waals surface area (Å²) < 4.78 is 10.7. The van der Waals surface area contributed by atoms with Gasteiger partial charge >= 0.3 is 0 Å². The van der Waals surface area contributed by atoms with Gasteiger partial charge in [-0.05, 0) is 17.7 Å². The molecule has 0 unspecified atom stereocenters. The van der Waals surface area contributed by atoms with Gasteiger partial charge in [-0.1, -0.05) is 68.4 Å². The van der Waals surface area contributed by atoms with E-state index < -0.39 is 5.91 Å². The number of ether oxygens (including phenoxy) is 1. The van der Waals surface area contributed by atoms with Gasteiger partial charge < -0.3 is 14.6 Å². The Morgan fingerprint density at radius 3 is 2.43 bits per heavy atom. The standard InChI is InChI=1S/C23H25N3O4/c1-23(2,3)19-13-21(30-26-19)25-20(27)15-29-18-12-8-7-11-17(18)22(28)24-14-16-9-5-4-6-10-16/h4-13H,14-15H2,1-3H3,(H,24,28)(H,25,27). The number of aromatic nitrogens is 1. The number of nitrogens with zero attached hydrogens (tertiary/aromatic N) is 1. The molecule has 0 aliphatic carbocycles. The maximum absolute atomic E-state index is 12.6. The second kappa shape index (κ2) is 9.26. The lowest BCUT2D eigenvalue weighted by Crippen LogP contribution is -2.25. The van der Waals surface area contributed by atoms with E-state index >= 15 is 0 Å². The number of hydrogen-bond acceptors (Lipinski definition) is 5. The highest BCUT2D eigenvalue weighted by atomic mass is 16.5.